The molecule has 0 atom stereocenters. The number of hydrogen-bond acceptors (Lipinski definition) is 7. The van der Waals surface area contributed by atoms with Gasteiger partial charge in [-0.3, -0.25) is 24.1 Å². The van der Waals surface area contributed by atoms with Crippen molar-refractivity contribution in [3.05, 3.63) is 56.5 Å². The summed E-state index contributed by atoms with van der Waals surface area (Å²) < 4.78 is 11.9. The number of hydrogen-bond donors (Lipinski definition) is 2. The molecule has 0 spiro atoms. The largest absolute Gasteiger partial charge is 0.490 e. The van der Waals surface area contributed by atoms with Crippen LogP contribution in [0.2, 0.25) is 0 Å². The zero-order valence-corrected chi connectivity index (χ0v) is 20.5. The van der Waals surface area contributed by atoms with Crippen LogP contribution in [0.15, 0.2) is 47.4 Å². The van der Waals surface area contributed by atoms with Crippen LogP contribution in [0.25, 0.3) is 6.08 Å². The van der Waals surface area contributed by atoms with Crippen molar-refractivity contribution >= 4 is 69.1 Å². The highest BCUT2D eigenvalue weighted by Gasteiger charge is 2.36. The Balaban J connectivity index is 1.71. The molecular weight excluding hydrogens is 561 g/mol. The van der Waals surface area contributed by atoms with Crippen molar-refractivity contribution < 1.29 is 28.7 Å². The molecule has 4 amide bonds. The molecule has 0 bridgehead atoms. The van der Waals surface area contributed by atoms with E-state index < -0.39 is 29.5 Å². The summed E-state index contributed by atoms with van der Waals surface area (Å²) in [4.78, 5) is 49.4. The Labute approximate surface area is 207 Å². The van der Waals surface area contributed by atoms with Gasteiger partial charge in [-0.1, -0.05) is 6.07 Å². The topological polar surface area (TPSA) is 128 Å². The summed E-state index contributed by atoms with van der Waals surface area (Å²) in [7, 11) is 0. The van der Waals surface area contributed by atoms with Crippen LogP contribution in [0.4, 0.5) is 10.5 Å². The van der Waals surface area contributed by atoms with Crippen molar-refractivity contribution in [3.8, 4) is 11.5 Å². The zero-order valence-electron chi connectivity index (χ0n) is 17.5. The number of carbonyl (C=O) groups excluding carboxylic acids is 4. The van der Waals surface area contributed by atoms with Crippen molar-refractivity contribution in [3.63, 3.8) is 0 Å². The quantitative estimate of drug-likeness (QED) is 0.344. The molecule has 3 N–H and O–H groups in total. The highest BCUT2D eigenvalue weighted by Crippen LogP contribution is 2.34. The first-order valence-electron chi connectivity index (χ1n) is 9.75. The number of carbonyl (C=O) groups is 4. The average molecular weight is 581 g/mol. The smallest absolute Gasteiger partial charge is 0.294 e. The zero-order chi connectivity index (χ0) is 24.0. The van der Waals surface area contributed by atoms with Crippen molar-refractivity contribution in [2.24, 2.45) is 5.73 Å². The average Bonchev–Trinajstić information content (AvgIpc) is 3.02. The van der Waals surface area contributed by atoms with E-state index in [1.54, 1.807) is 37.3 Å². The highest BCUT2D eigenvalue weighted by molar-refractivity contribution is 14.1. The Morgan fingerprint density at radius 3 is 2.52 bits per heavy atom. The minimum atomic E-state index is -0.624. The van der Waals surface area contributed by atoms with Gasteiger partial charge >= 0.3 is 0 Å². The minimum Gasteiger partial charge on any atom is -0.490 e. The molecule has 1 saturated heterocycles. The monoisotopic (exact) mass is 581 g/mol. The lowest BCUT2D eigenvalue weighted by atomic mass is 10.2. The first-order chi connectivity index (χ1) is 15.8. The van der Waals surface area contributed by atoms with E-state index in [0.717, 1.165) is 20.2 Å². The van der Waals surface area contributed by atoms with E-state index >= 15 is 0 Å². The predicted molar refractivity (Wildman–Crippen MR) is 133 cm³/mol. The molecular formula is C22H20IN3O6S. The van der Waals surface area contributed by atoms with E-state index in [-0.39, 0.29) is 11.5 Å². The molecule has 0 saturated carbocycles. The van der Waals surface area contributed by atoms with Gasteiger partial charge in [0.25, 0.3) is 17.1 Å². The van der Waals surface area contributed by atoms with Crippen LogP contribution in [-0.4, -0.2) is 47.6 Å². The second-order valence-corrected chi connectivity index (χ2v) is 8.96. The van der Waals surface area contributed by atoms with Crippen molar-refractivity contribution in [2.75, 3.05) is 25.1 Å². The Morgan fingerprint density at radius 1 is 1.12 bits per heavy atom. The molecule has 1 fully saturated rings. The predicted octanol–water partition coefficient (Wildman–Crippen LogP) is 3.23. The van der Waals surface area contributed by atoms with Gasteiger partial charge < -0.3 is 20.5 Å². The van der Waals surface area contributed by atoms with Gasteiger partial charge in [0.15, 0.2) is 18.1 Å². The molecule has 11 heteroatoms. The van der Waals surface area contributed by atoms with Gasteiger partial charge in [-0.15, -0.1) is 0 Å². The van der Waals surface area contributed by atoms with Crippen LogP contribution >= 0.6 is 34.4 Å². The number of primary amides is 1. The summed E-state index contributed by atoms with van der Waals surface area (Å²) in [5, 5.41) is 2.14. The van der Waals surface area contributed by atoms with Crippen molar-refractivity contribution in [1.82, 2.24) is 4.90 Å². The van der Waals surface area contributed by atoms with Crippen LogP contribution in [0.3, 0.4) is 0 Å². The number of imide groups is 1. The summed E-state index contributed by atoms with van der Waals surface area (Å²) in [5.74, 6) is -0.970. The number of ether oxygens (including phenoxy) is 2. The fourth-order valence-corrected chi connectivity index (χ4v) is 4.01. The summed E-state index contributed by atoms with van der Waals surface area (Å²) in [5.41, 5.74) is 6.26. The third-order valence-corrected chi connectivity index (χ3v) is 5.87. The molecule has 0 aliphatic carbocycles. The van der Waals surface area contributed by atoms with Gasteiger partial charge in [-0.2, -0.15) is 0 Å². The van der Waals surface area contributed by atoms with Gasteiger partial charge in [0.2, 0.25) is 5.91 Å². The van der Waals surface area contributed by atoms with Gasteiger partial charge in [-0.05, 0) is 89.3 Å². The Hall–Kier alpha value is -3.06. The molecule has 1 heterocycles. The number of anilines is 1. The fourth-order valence-electron chi connectivity index (χ4n) is 2.82. The number of nitrogens with two attached hydrogens (primary N) is 1. The maximum atomic E-state index is 12.7. The van der Waals surface area contributed by atoms with E-state index in [1.807, 2.05) is 12.1 Å². The molecule has 0 unspecified atom stereocenters. The van der Waals surface area contributed by atoms with Gasteiger partial charge in [0.1, 0.15) is 6.54 Å². The molecule has 1 aliphatic heterocycles. The number of halogens is 1. The third-order valence-electron chi connectivity index (χ3n) is 4.24. The second-order valence-electron chi connectivity index (χ2n) is 6.72. The Morgan fingerprint density at radius 2 is 1.85 bits per heavy atom. The highest BCUT2D eigenvalue weighted by atomic mass is 127. The minimum absolute atomic E-state index is 0.176. The molecule has 3 rings (SSSR count). The standard InChI is InChI=1S/C22H20IN3O6S/c1-2-31-17-9-13(3-8-16(17)32-12-19(24)27)10-18-21(29)26(22(30)33-18)11-20(28)25-15-6-4-14(23)5-7-15/h3-10H,2,11-12H2,1H3,(H2,24,27)(H,25,28)/b18-10-. The van der Waals surface area contributed by atoms with Crippen LogP contribution < -0.4 is 20.5 Å². The molecule has 33 heavy (non-hydrogen) atoms. The SMILES string of the molecule is CCOc1cc(/C=C2\SC(=O)N(CC(=O)Nc3ccc(I)cc3)C2=O)ccc1OCC(N)=O. The normalized spacial score (nSPS) is 14.5. The van der Waals surface area contributed by atoms with E-state index in [0.29, 0.717) is 29.4 Å². The lowest BCUT2D eigenvalue weighted by Gasteiger charge is -2.13. The van der Waals surface area contributed by atoms with Crippen LogP contribution in [0.5, 0.6) is 11.5 Å². The van der Waals surface area contributed by atoms with Crippen LogP contribution in [0.1, 0.15) is 12.5 Å². The summed E-state index contributed by atoms with van der Waals surface area (Å²) in [6.45, 7) is 1.44. The molecule has 0 aromatic heterocycles. The number of thioether (sulfide) groups is 1. The number of nitrogens with zero attached hydrogens (tertiary/aromatic N) is 1. The first kappa shape index (κ1) is 24.6. The Bertz CT molecular complexity index is 1120. The first-order valence-corrected chi connectivity index (χ1v) is 11.6. The second kappa shape index (κ2) is 11.2. The lowest BCUT2D eigenvalue weighted by Crippen LogP contribution is -2.36. The van der Waals surface area contributed by atoms with E-state index in [2.05, 4.69) is 27.9 Å². The summed E-state index contributed by atoms with van der Waals surface area (Å²) in [6.07, 6.45) is 1.53. The molecule has 2 aromatic carbocycles. The number of benzene rings is 2. The molecule has 0 radical (unpaired) electrons. The maximum Gasteiger partial charge on any atom is 0.294 e. The van der Waals surface area contributed by atoms with E-state index in [1.165, 1.54) is 6.08 Å². The lowest BCUT2D eigenvalue weighted by molar-refractivity contribution is -0.127. The van der Waals surface area contributed by atoms with E-state index in [4.69, 9.17) is 15.2 Å². The Kier molecular flexibility index (Phi) is 8.33. The number of rotatable bonds is 9. The number of nitrogens with one attached hydrogen (secondary N) is 1. The fraction of sp³-hybridized carbons (Fsp3) is 0.182. The van der Waals surface area contributed by atoms with E-state index in [9.17, 15) is 19.2 Å². The number of amides is 4. The third kappa shape index (κ3) is 6.71. The maximum absolute atomic E-state index is 12.7. The molecule has 9 nitrogen and oxygen atoms in total. The van der Waals surface area contributed by atoms with Gasteiger partial charge in [0.05, 0.1) is 11.5 Å². The summed E-state index contributed by atoms with van der Waals surface area (Å²) >= 11 is 2.90. The summed E-state index contributed by atoms with van der Waals surface area (Å²) in [6, 6.07) is 12.0. The van der Waals surface area contributed by atoms with Crippen LogP contribution in [0, 0.1) is 3.57 Å². The van der Waals surface area contributed by atoms with Gasteiger partial charge in [-0.25, -0.2) is 0 Å². The molecule has 1 aliphatic rings. The van der Waals surface area contributed by atoms with Crippen molar-refractivity contribution in [2.45, 2.75) is 6.92 Å². The van der Waals surface area contributed by atoms with Crippen LogP contribution in [-0.2, 0) is 14.4 Å². The van der Waals surface area contributed by atoms with Crippen molar-refractivity contribution in [1.29, 1.82) is 0 Å². The van der Waals surface area contributed by atoms with Gasteiger partial charge in [0, 0.05) is 9.26 Å². The molecule has 172 valence electrons. The molecule has 2 aromatic rings.